The number of halogens is 3. The fourth-order valence-corrected chi connectivity index (χ4v) is 3.35. The zero-order chi connectivity index (χ0) is 27.7. The van der Waals surface area contributed by atoms with E-state index < -0.39 is 34.7 Å². The maximum absolute atomic E-state index is 12.9. The highest BCUT2D eigenvalue weighted by Crippen LogP contribution is 2.33. The third kappa shape index (κ3) is 7.30. The summed E-state index contributed by atoms with van der Waals surface area (Å²) in [7, 11) is 0. The Hall–Kier alpha value is -4.92. The van der Waals surface area contributed by atoms with E-state index in [0.29, 0.717) is 46.9 Å². The molecule has 3 aromatic carbocycles. The summed E-state index contributed by atoms with van der Waals surface area (Å²) in [5.41, 5.74) is 1.75. The van der Waals surface area contributed by atoms with E-state index in [2.05, 4.69) is 16.6 Å². The van der Waals surface area contributed by atoms with Crippen molar-refractivity contribution in [2.75, 3.05) is 6.61 Å². The van der Waals surface area contributed by atoms with E-state index in [-0.39, 0.29) is 12.2 Å². The van der Waals surface area contributed by atoms with Gasteiger partial charge in [0, 0.05) is 17.2 Å². The lowest BCUT2D eigenvalue weighted by Crippen LogP contribution is -2.20. The van der Waals surface area contributed by atoms with Crippen LogP contribution in [0.3, 0.4) is 0 Å². The second kappa shape index (κ2) is 12.4. The quantitative estimate of drug-likeness (QED) is 0.221. The number of nitro benzene ring substituents is 1. The second-order valence-corrected chi connectivity index (χ2v) is 7.77. The summed E-state index contributed by atoms with van der Waals surface area (Å²) < 4.78 is 50.0. The zero-order valence-electron chi connectivity index (χ0n) is 20.0. The zero-order valence-corrected chi connectivity index (χ0v) is 20.0. The number of hydrazone groups is 1. The van der Waals surface area contributed by atoms with Crippen molar-refractivity contribution < 1.29 is 32.4 Å². The number of hydrogen-bond acceptors (Lipinski definition) is 7. The molecule has 0 heterocycles. The molecular weight excluding hydrogens is 505 g/mol. The smallest absolute Gasteiger partial charge is 0.416 e. The number of alkyl halides is 3. The van der Waals surface area contributed by atoms with Crippen LogP contribution >= 0.6 is 0 Å². The van der Waals surface area contributed by atoms with Gasteiger partial charge in [-0.1, -0.05) is 24.3 Å². The minimum absolute atomic E-state index is 0.142. The number of carbonyl (C=O) groups excluding carboxylic acids is 1. The Balaban J connectivity index is 1.67. The van der Waals surface area contributed by atoms with Crippen molar-refractivity contribution in [3.8, 4) is 17.6 Å². The summed E-state index contributed by atoms with van der Waals surface area (Å²) in [6.07, 6.45) is -4.00. The van der Waals surface area contributed by atoms with Crippen LogP contribution in [0.1, 0.15) is 34.7 Å². The van der Waals surface area contributed by atoms with E-state index >= 15 is 0 Å². The van der Waals surface area contributed by atoms with Gasteiger partial charge in [0.25, 0.3) is 5.69 Å². The van der Waals surface area contributed by atoms with Crippen molar-refractivity contribution in [1.82, 2.24) is 5.43 Å². The van der Waals surface area contributed by atoms with E-state index in [1.54, 1.807) is 49.4 Å². The first-order valence-corrected chi connectivity index (χ1v) is 11.2. The summed E-state index contributed by atoms with van der Waals surface area (Å²) in [6.45, 7) is 2.27. The fourth-order valence-electron chi connectivity index (χ4n) is 3.35. The minimum atomic E-state index is -4.75. The average molecular weight is 526 g/mol. The third-order valence-electron chi connectivity index (χ3n) is 5.15. The number of amides is 1. The molecule has 0 fully saturated rings. The van der Waals surface area contributed by atoms with Gasteiger partial charge < -0.3 is 9.47 Å². The van der Waals surface area contributed by atoms with Crippen molar-refractivity contribution in [2.24, 2.45) is 5.10 Å². The lowest BCUT2D eigenvalue weighted by Gasteiger charge is -2.13. The molecule has 1 N–H and O–H groups in total. The predicted molar refractivity (Wildman–Crippen MR) is 131 cm³/mol. The Morgan fingerprint density at radius 2 is 1.87 bits per heavy atom. The van der Waals surface area contributed by atoms with Gasteiger partial charge in [0.05, 0.1) is 41.4 Å². The number of nitrogens with one attached hydrogen (secondary N) is 1. The highest BCUT2D eigenvalue weighted by atomic mass is 19.4. The van der Waals surface area contributed by atoms with Crippen molar-refractivity contribution in [1.29, 1.82) is 5.26 Å². The fraction of sp³-hybridized carbons (Fsp3) is 0.192. The maximum Gasteiger partial charge on any atom is 0.416 e. The summed E-state index contributed by atoms with van der Waals surface area (Å²) in [5, 5.41) is 24.2. The van der Waals surface area contributed by atoms with E-state index in [0.717, 1.165) is 6.07 Å². The van der Waals surface area contributed by atoms with Crippen LogP contribution < -0.4 is 14.9 Å². The number of benzene rings is 3. The Morgan fingerprint density at radius 3 is 2.55 bits per heavy atom. The standard InChI is InChI=1S/C26H21F3N4O5/c1-2-37-24-11-17(7-10-23(24)38-16-20-6-4-3-5-19(20)14-30)15-31-32-25(34)12-18-8-9-21(26(27,28)29)13-22(18)33(35)36/h3-11,13,15H,2,12,16H2,1H3,(H,32,34)/b31-15-. The number of rotatable bonds is 10. The largest absolute Gasteiger partial charge is 0.490 e. The molecule has 0 saturated carbocycles. The number of nitrogens with zero attached hydrogens (tertiary/aromatic N) is 3. The molecule has 0 aliphatic carbocycles. The van der Waals surface area contributed by atoms with Gasteiger partial charge in [-0.15, -0.1) is 0 Å². The number of nitriles is 1. The van der Waals surface area contributed by atoms with Gasteiger partial charge in [0.1, 0.15) is 6.61 Å². The molecule has 9 nitrogen and oxygen atoms in total. The van der Waals surface area contributed by atoms with Gasteiger partial charge in [-0.2, -0.15) is 23.5 Å². The van der Waals surface area contributed by atoms with Gasteiger partial charge in [-0.3, -0.25) is 14.9 Å². The van der Waals surface area contributed by atoms with Crippen molar-refractivity contribution in [2.45, 2.75) is 26.1 Å². The normalized spacial score (nSPS) is 11.1. The molecule has 0 spiro atoms. The van der Waals surface area contributed by atoms with Crippen LogP contribution in [0.4, 0.5) is 18.9 Å². The molecular formula is C26H21F3N4O5. The second-order valence-electron chi connectivity index (χ2n) is 7.77. The Morgan fingerprint density at radius 1 is 1.11 bits per heavy atom. The van der Waals surface area contributed by atoms with Gasteiger partial charge in [0.15, 0.2) is 11.5 Å². The van der Waals surface area contributed by atoms with Crippen LogP contribution in [0, 0.1) is 21.4 Å². The first kappa shape index (κ1) is 27.7. The first-order valence-electron chi connectivity index (χ1n) is 11.2. The Kier molecular flexibility index (Phi) is 8.99. The van der Waals surface area contributed by atoms with Crippen LogP contribution in [-0.4, -0.2) is 23.7 Å². The minimum Gasteiger partial charge on any atom is -0.490 e. The third-order valence-corrected chi connectivity index (χ3v) is 5.15. The molecule has 196 valence electrons. The Labute approximate surface area is 215 Å². The molecule has 0 unspecified atom stereocenters. The SMILES string of the molecule is CCOc1cc(/C=N\NC(=O)Cc2ccc(C(F)(F)F)cc2[N+](=O)[O-])ccc1OCc1ccccc1C#N. The van der Waals surface area contributed by atoms with E-state index in [1.807, 2.05) is 0 Å². The molecule has 0 bridgehead atoms. The van der Waals surface area contributed by atoms with Crippen molar-refractivity contribution >= 4 is 17.8 Å². The maximum atomic E-state index is 12.9. The molecule has 3 aromatic rings. The highest BCUT2D eigenvalue weighted by molar-refractivity contribution is 5.84. The van der Waals surface area contributed by atoms with Gasteiger partial charge >= 0.3 is 6.18 Å². The van der Waals surface area contributed by atoms with Crippen LogP contribution in [-0.2, 0) is 24.0 Å². The summed E-state index contributed by atoms with van der Waals surface area (Å²) in [6, 6.07) is 16.0. The molecule has 0 aliphatic rings. The number of hydrogen-bond donors (Lipinski definition) is 1. The summed E-state index contributed by atoms with van der Waals surface area (Å²) in [5.74, 6) is 0.0678. The molecule has 38 heavy (non-hydrogen) atoms. The summed E-state index contributed by atoms with van der Waals surface area (Å²) >= 11 is 0. The lowest BCUT2D eigenvalue weighted by atomic mass is 10.1. The molecule has 3 rings (SSSR count). The van der Waals surface area contributed by atoms with Gasteiger partial charge in [-0.05, 0) is 42.8 Å². The van der Waals surface area contributed by atoms with Crippen molar-refractivity contribution in [3.63, 3.8) is 0 Å². The molecule has 0 aliphatic heterocycles. The van der Waals surface area contributed by atoms with Crippen LogP contribution in [0.25, 0.3) is 0 Å². The predicted octanol–water partition coefficient (Wildman–Crippen LogP) is 5.16. The monoisotopic (exact) mass is 526 g/mol. The topological polar surface area (TPSA) is 127 Å². The molecule has 1 amide bonds. The van der Waals surface area contributed by atoms with Crippen molar-refractivity contribution in [3.05, 3.63) is 98.6 Å². The molecule has 0 atom stereocenters. The van der Waals surface area contributed by atoms with E-state index in [4.69, 9.17) is 9.47 Å². The van der Waals surface area contributed by atoms with E-state index in [1.165, 1.54) is 6.21 Å². The van der Waals surface area contributed by atoms with E-state index in [9.17, 15) is 33.3 Å². The molecule has 0 radical (unpaired) electrons. The van der Waals surface area contributed by atoms with Crippen LogP contribution in [0.5, 0.6) is 11.5 Å². The molecule has 0 saturated heterocycles. The van der Waals surface area contributed by atoms with Gasteiger partial charge in [-0.25, -0.2) is 5.43 Å². The molecule has 12 heteroatoms. The highest BCUT2D eigenvalue weighted by Gasteiger charge is 2.33. The average Bonchev–Trinajstić information content (AvgIpc) is 2.88. The Bertz CT molecular complexity index is 1400. The number of ether oxygens (including phenoxy) is 2. The van der Waals surface area contributed by atoms with Crippen LogP contribution in [0.2, 0.25) is 0 Å². The first-order chi connectivity index (χ1) is 18.1. The summed E-state index contributed by atoms with van der Waals surface area (Å²) in [4.78, 5) is 22.4. The van der Waals surface area contributed by atoms with Crippen LogP contribution in [0.15, 0.2) is 65.8 Å². The van der Waals surface area contributed by atoms with Gasteiger partial charge in [0.2, 0.25) is 5.91 Å². The lowest BCUT2D eigenvalue weighted by molar-refractivity contribution is -0.385. The molecule has 0 aromatic heterocycles. The number of carbonyl (C=O) groups is 1. The number of nitro groups is 1.